The number of piperazine rings is 1. The molecule has 0 N–H and O–H groups in total. The van der Waals surface area contributed by atoms with Gasteiger partial charge in [-0.3, -0.25) is 14.6 Å². The summed E-state index contributed by atoms with van der Waals surface area (Å²) in [5, 5.41) is 0. The van der Waals surface area contributed by atoms with Crippen LogP contribution in [0.5, 0.6) is 5.75 Å². The van der Waals surface area contributed by atoms with Crippen LogP contribution in [0.15, 0.2) is 24.3 Å². The first-order valence-electron chi connectivity index (χ1n) is 7.24. The van der Waals surface area contributed by atoms with E-state index in [1.165, 1.54) is 0 Å². The van der Waals surface area contributed by atoms with Gasteiger partial charge in [0.25, 0.3) is 0 Å². The fourth-order valence-corrected chi connectivity index (χ4v) is 2.51. The van der Waals surface area contributed by atoms with Crippen molar-refractivity contribution in [3.8, 4) is 5.75 Å². The molecule has 0 saturated carbocycles. The summed E-state index contributed by atoms with van der Waals surface area (Å²) in [4.78, 5) is 16.9. The molecule has 4 nitrogen and oxygen atoms in total. The number of hydrogen-bond donors (Lipinski definition) is 0. The summed E-state index contributed by atoms with van der Waals surface area (Å²) in [5.41, 5.74) is 0.761. The molecule has 0 aromatic heterocycles. The van der Waals surface area contributed by atoms with E-state index in [-0.39, 0.29) is 5.78 Å². The van der Waals surface area contributed by atoms with Crippen LogP contribution in [0.1, 0.15) is 24.2 Å². The van der Waals surface area contributed by atoms with E-state index >= 15 is 0 Å². The Labute approximate surface area is 121 Å². The number of rotatable bonds is 5. The lowest BCUT2D eigenvalue weighted by Gasteiger charge is -2.36. The summed E-state index contributed by atoms with van der Waals surface area (Å²) in [6.45, 7) is 9.00. The van der Waals surface area contributed by atoms with Crippen LogP contribution in [0.4, 0.5) is 0 Å². The summed E-state index contributed by atoms with van der Waals surface area (Å²) < 4.78 is 5.11. The van der Waals surface area contributed by atoms with E-state index in [4.69, 9.17) is 4.74 Å². The molecule has 1 aromatic rings. The van der Waals surface area contributed by atoms with Crippen LogP contribution in [0.2, 0.25) is 0 Å². The van der Waals surface area contributed by atoms with E-state index in [0.717, 1.165) is 37.5 Å². The van der Waals surface area contributed by atoms with Gasteiger partial charge in [-0.05, 0) is 38.1 Å². The number of Topliss-reactive ketones (excluding diaryl/α,β-unsaturated/α-hetero) is 1. The predicted octanol–water partition coefficient (Wildman–Crippen LogP) is 1.90. The van der Waals surface area contributed by atoms with E-state index < -0.39 is 0 Å². The molecule has 0 atom stereocenters. The van der Waals surface area contributed by atoms with E-state index in [0.29, 0.717) is 12.6 Å². The Morgan fingerprint density at radius 3 is 2.25 bits per heavy atom. The molecule has 0 radical (unpaired) electrons. The van der Waals surface area contributed by atoms with Crippen LogP contribution in [-0.2, 0) is 0 Å². The van der Waals surface area contributed by atoms with Gasteiger partial charge < -0.3 is 4.74 Å². The van der Waals surface area contributed by atoms with Gasteiger partial charge in [0.1, 0.15) is 5.75 Å². The minimum atomic E-state index is 0.186. The fraction of sp³-hybridized carbons (Fsp3) is 0.562. The first-order chi connectivity index (χ1) is 9.60. The quantitative estimate of drug-likeness (QED) is 0.769. The van der Waals surface area contributed by atoms with Crippen molar-refractivity contribution in [2.75, 3.05) is 39.8 Å². The van der Waals surface area contributed by atoms with Crippen LogP contribution in [0.3, 0.4) is 0 Å². The maximum Gasteiger partial charge on any atom is 0.176 e. The normalized spacial score (nSPS) is 17.4. The van der Waals surface area contributed by atoms with E-state index in [2.05, 4.69) is 23.6 Å². The molecule has 110 valence electrons. The van der Waals surface area contributed by atoms with E-state index in [1.54, 1.807) is 7.11 Å². The zero-order chi connectivity index (χ0) is 14.5. The minimum absolute atomic E-state index is 0.186. The van der Waals surface area contributed by atoms with Gasteiger partial charge in [-0.1, -0.05) is 0 Å². The molecule has 1 aliphatic heterocycles. The Balaban J connectivity index is 1.85. The third kappa shape index (κ3) is 3.81. The molecule has 0 bridgehead atoms. The van der Waals surface area contributed by atoms with Gasteiger partial charge >= 0.3 is 0 Å². The van der Waals surface area contributed by atoms with Crippen molar-refractivity contribution in [1.82, 2.24) is 9.80 Å². The minimum Gasteiger partial charge on any atom is -0.497 e. The molecule has 2 rings (SSSR count). The van der Waals surface area contributed by atoms with Crippen molar-refractivity contribution >= 4 is 5.78 Å². The predicted molar refractivity (Wildman–Crippen MR) is 80.5 cm³/mol. The summed E-state index contributed by atoms with van der Waals surface area (Å²) in [5.74, 6) is 0.970. The first kappa shape index (κ1) is 15.0. The highest BCUT2D eigenvalue weighted by Crippen LogP contribution is 2.13. The topological polar surface area (TPSA) is 32.8 Å². The number of ether oxygens (including phenoxy) is 1. The molecule has 1 saturated heterocycles. The second-order valence-electron chi connectivity index (χ2n) is 5.56. The molecule has 1 fully saturated rings. The third-order valence-corrected chi connectivity index (χ3v) is 3.92. The zero-order valence-corrected chi connectivity index (χ0v) is 12.6. The molecule has 0 spiro atoms. The lowest BCUT2D eigenvalue weighted by atomic mass is 10.1. The van der Waals surface area contributed by atoms with Crippen molar-refractivity contribution in [2.45, 2.75) is 19.9 Å². The molecule has 1 aromatic carbocycles. The zero-order valence-electron chi connectivity index (χ0n) is 12.6. The molecule has 0 amide bonds. The maximum atomic E-state index is 12.2. The largest absolute Gasteiger partial charge is 0.497 e. The number of methoxy groups -OCH3 is 1. The van der Waals surface area contributed by atoms with Gasteiger partial charge in [0.2, 0.25) is 0 Å². The summed E-state index contributed by atoms with van der Waals surface area (Å²) in [7, 11) is 1.63. The maximum absolute atomic E-state index is 12.2. The van der Waals surface area contributed by atoms with Crippen LogP contribution in [-0.4, -0.2) is 61.5 Å². The molecule has 0 unspecified atom stereocenters. The summed E-state index contributed by atoms with van der Waals surface area (Å²) in [6, 6.07) is 7.94. The highest BCUT2D eigenvalue weighted by atomic mass is 16.5. The monoisotopic (exact) mass is 276 g/mol. The second-order valence-corrected chi connectivity index (χ2v) is 5.56. The van der Waals surface area contributed by atoms with E-state index in [9.17, 15) is 4.79 Å². The Morgan fingerprint density at radius 2 is 1.75 bits per heavy atom. The third-order valence-electron chi connectivity index (χ3n) is 3.92. The SMILES string of the molecule is COc1ccc(C(=O)CN2CCN(C(C)C)CC2)cc1. The van der Waals surface area contributed by atoms with Gasteiger partial charge in [0.15, 0.2) is 5.78 Å². The molecule has 1 aliphatic rings. The second kappa shape index (κ2) is 6.86. The Kier molecular flexibility index (Phi) is 5.15. The van der Waals surface area contributed by atoms with Crippen molar-refractivity contribution in [2.24, 2.45) is 0 Å². The number of hydrogen-bond acceptors (Lipinski definition) is 4. The van der Waals surface area contributed by atoms with Crippen molar-refractivity contribution in [3.05, 3.63) is 29.8 Å². The van der Waals surface area contributed by atoms with E-state index in [1.807, 2.05) is 24.3 Å². The molecule has 4 heteroatoms. The van der Waals surface area contributed by atoms with Crippen LogP contribution < -0.4 is 4.74 Å². The fourth-order valence-electron chi connectivity index (χ4n) is 2.51. The van der Waals surface area contributed by atoms with Gasteiger partial charge in [0.05, 0.1) is 13.7 Å². The van der Waals surface area contributed by atoms with Crippen molar-refractivity contribution in [3.63, 3.8) is 0 Å². The van der Waals surface area contributed by atoms with Gasteiger partial charge in [-0.15, -0.1) is 0 Å². The first-order valence-corrected chi connectivity index (χ1v) is 7.24. The van der Waals surface area contributed by atoms with Gasteiger partial charge in [-0.2, -0.15) is 0 Å². The average Bonchev–Trinajstić information content (AvgIpc) is 2.48. The Morgan fingerprint density at radius 1 is 1.15 bits per heavy atom. The number of carbonyl (C=O) groups excluding carboxylic acids is 1. The average molecular weight is 276 g/mol. The highest BCUT2D eigenvalue weighted by molar-refractivity contribution is 5.97. The standard InChI is InChI=1S/C16H24N2O2/c1-13(2)18-10-8-17(9-11-18)12-16(19)14-4-6-15(20-3)7-5-14/h4-7,13H,8-12H2,1-3H3. The molecule has 20 heavy (non-hydrogen) atoms. The lowest BCUT2D eigenvalue weighted by Crippen LogP contribution is -2.50. The van der Waals surface area contributed by atoms with Gasteiger partial charge in [0, 0.05) is 37.8 Å². The van der Waals surface area contributed by atoms with Crippen molar-refractivity contribution < 1.29 is 9.53 Å². The van der Waals surface area contributed by atoms with Gasteiger partial charge in [-0.25, -0.2) is 0 Å². The van der Waals surface area contributed by atoms with Crippen LogP contribution >= 0.6 is 0 Å². The molecule has 0 aliphatic carbocycles. The number of carbonyl (C=O) groups is 1. The number of nitrogens with zero attached hydrogens (tertiary/aromatic N) is 2. The van der Waals surface area contributed by atoms with Crippen molar-refractivity contribution in [1.29, 1.82) is 0 Å². The summed E-state index contributed by atoms with van der Waals surface area (Å²) >= 11 is 0. The Bertz CT molecular complexity index is 434. The van der Waals surface area contributed by atoms with Crippen LogP contribution in [0, 0.1) is 0 Å². The Hall–Kier alpha value is -1.39. The highest BCUT2D eigenvalue weighted by Gasteiger charge is 2.20. The lowest BCUT2D eigenvalue weighted by molar-refractivity contribution is 0.0807. The number of ketones is 1. The van der Waals surface area contributed by atoms with Crippen LogP contribution in [0.25, 0.3) is 0 Å². The molecular weight excluding hydrogens is 252 g/mol. The smallest absolute Gasteiger partial charge is 0.176 e. The number of benzene rings is 1. The molecular formula is C16H24N2O2. The summed E-state index contributed by atoms with van der Waals surface area (Å²) in [6.07, 6.45) is 0. The molecule has 1 heterocycles.